The molecule has 2 heterocycles. The number of pyridine rings is 2. The molecule has 0 saturated heterocycles. The summed E-state index contributed by atoms with van der Waals surface area (Å²) in [6.45, 7) is 0. The summed E-state index contributed by atoms with van der Waals surface area (Å²) in [6.07, 6.45) is 7.56. The largest absolute Gasteiger partial charge is 0.310 e. The molecule has 4 aromatic carbocycles. The zero-order valence-corrected chi connectivity index (χ0v) is 20.8. The number of para-hydroxylation sites is 4. The van der Waals surface area contributed by atoms with Crippen LogP contribution in [0.2, 0.25) is 0 Å². The standard InChI is InChI=1S/C34H26N4/c1-5-13-27(14-6-1)37(28-15-7-2-8-16-28)33-21-23-35-25-31(33)32-26-36-24-22-34(32)38(29-17-9-3-10-18-29)30-19-11-4-12-20-30/h1-26H. The van der Waals surface area contributed by atoms with E-state index in [4.69, 9.17) is 0 Å². The molecule has 4 heteroatoms. The van der Waals surface area contributed by atoms with E-state index in [1.165, 1.54) is 0 Å². The van der Waals surface area contributed by atoms with E-state index in [1.807, 2.05) is 49.1 Å². The molecule has 182 valence electrons. The van der Waals surface area contributed by atoms with Gasteiger partial charge in [0.15, 0.2) is 0 Å². The maximum atomic E-state index is 4.56. The van der Waals surface area contributed by atoms with Crippen LogP contribution < -0.4 is 9.80 Å². The molecule has 4 nitrogen and oxygen atoms in total. The number of benzene rings is 4. The summed E-state index contributed by atoms with van der Waals surface area (Å²) in [6, 6.07) is 45.8. The first-order chi connectivity index (χ1) is 18.9. The highest BCUT2D eigenvalue weighted by atomic mass is 15.2. The number of nitrogens with zero attached hydrogens (tertiary/aromatic N) is 4. The third kappa shape index (κ3) is 4.63. The van der Waals surface area contributed by atoms with Crippen molar-refractivity contribution in [2.45, 2.75) is 0 Å². The molecular formula is C34H26N4. The highest BCUT2D eigenvalue weighted by Gasteiger charge is 2.22. The molecule has 0 spiro atoms. The maximum absolute atomic E-state index is 4.56. The first-order valence-corrected chi connectivity index (χ1v) is 12.6. The van der Waals surface area contributed by atoms with Gasteiger partial charge in [0, 0.05) is 58.7 Å². The zero-order chi connectivity index (χ0) is 25.6. The fourth-order valence-corrected chi connectivity index (χ4v) is 4.74. The summed E-state index contributed by atoms with van der Waals surface area (Å²) >= 11 is 0. The zero-order valence-electron chi connectivity index (χ0n) is 20.8. The van der Waals surface area contributed by atoms with Crippen molar-refractivity contribution in [1.29, 1.82) is 0 Å². The third-order valence-electron chi connectivity index (χ3n) is 6.43. The molecule has 6 aromatic rings. The highest BCUT2D eigenvalue weighted by molar-refractivity contribution is 5.94. The van der Waals surface area contributed by atoms with Gasteiger partial charge in [-0.15, -0.1) is 0 Å². The summed E-state index contributed by atoms with van der Waals surface area (Å²) in [7, 11) is 0. The van der Waals surface area contributed by atoms with E-state index in [0.29, 0.717) is 0 Å². The molecule has 0 unspecified atom stereocenters. The van der Waals surface area contributed by atoms with Crippen molar-refractivity contribution >= 4 is 34.1 Å². The minimum Gasteiger partial charge on any atom is -0.310 e. The smallest absolute Gasteiger partial charge is 0.0572 e. The molecule has 0 aliphatic heterocycles. The number of rotatable bonds is 7. The number of hydrogen-bond donors (Lipinski definition) is 0. The molecule has 0 aliphatic rings. The minimum absolute atomic E-state index is 0.986. The summed E-state index contributed by atoms with van der Waals surface area (Å²) in [5.74, 6) is 0. The van der Waals surface area contributed by atoms with Crippen LogP contribution in [0.15, 0.2) is 158 Å². The van der Waals surface area contributed by atoms with E-state index in [1.54, 1.807) is 0 Å². The quantitative estimate of drug-likeness (QED) is 0.223. The van der Waals surface area contributed by atoms with Gasteiger partial charge in [0.1, 0.15) is 0 Å². The molecule has 0 saturated carbocycles. The molecule has 0 N–H and O–H groups in total. The lowest BCUT2D eigenvalue weighted by Crippen LogP contribution is -2.13. The van der Waals surface area contributed by atoms with Crippen molar-refractivity contribution in [2.75, 3.05) is 9.80 Å². The second-order valence-electron chi connectivity index (χ2n) is 8.80. The summed E-state index contributed by atoms with van der Waals surface area (Å²) in [5.41, 5.74) is 8.29. The molecule has 0 bridgehead atoms. The number of aromatic nitrogens is 2. The molecule has 0 atom stereocenters. The Hall–Kier alpha value is -5.22. The van der Waals surface area contributed by atoms with E-state index in [0.717, 1.165) is 45.3 Å². The Morgan fingerprint density at radius 3 is 0.921 bits per heavy atom. The molecule has 0 aliphatic carbocycles. The number of anilines is 6. The summed E-state index contributed by atoms with van der Waals surface area (Å²) in [5, 5.41) is 0. The van der Waals surface area contributed by atoms with E-state index in [2.05, 4.69) is 129 Å². The first-order valence-electron chi connectivity index (χ1n) is 12.6. The molecule has 0 amide bonds. The normalized spacial score (nSPS) is 10.6. The molecule has 2 aromatic heterocycles. The first kappa shape index (κ1) is 23.2. The van der Waals surface area contributed by atoms with Gasteiger partial charge in [-0.25, -0.2) is 0 Å². The van der Waals surface area contributed by atoms with Gasteiger partial charge in [-0.1, -0.05) is 72.8 Å². The Labute approximate surface area is 223 Å². The Morgan fingerprint density at radius 2 is 0.632 bits per heavy atom. The van der Waals surface area contributed by atoms with Crippen LogP contribution in [-0.4, -0.2) is 9.97 Å². The van der Waals surface area contributed by atoms with Crippen LogP contribution in [0, 0.1) is 0 Å². The summed E-state index contributed by atoms with van der Waals surface area (Å²) < 4.78 is 0. The predicted molar refractivity (Wildman–Crippen MR) is 157 cm³/mol. The van der Waals surface area contributed by atoms with E-state index < -0.39 is 0 Å². The molecule has 0 radical (unpaired) electrons. The minimum atomic E-state index is 0.986. The molecule has 38 heavy (non-hydrogen) atoms. The van der Waals surface area contributed by atoms with Crippen molar-refractivity contribution in [3.05, 3.63) is 158 Å². The number of hydrogen-bond acceptors (Lipinski definition) is 4. The highest BCUT2D eigenvalue weighted by Crippen LogP contribution is 2.45. The fourth-order valence-electron chi connectivity index (χ4n) is 4.74. The van der Waals surface area contributed by atoms with Gasteiger partial charge in [-0.3, -0.25) is 9.97 Å². The topological polar surface area (TPSA) is 32.3 Å². The van der Waals surface area contributed by atoms with Gasteiger partial charge in [0.25, 0.3) is 0 Å². The fraction of sp³-hybridized carbons (Fsp3) is 0. The van der Waals surface area contributed by atoms with Crippen molar-refractivity contribution in [2.24, 2.45) is 0 Å². The van der Waals surface area contributed by atoms with Gasteiger partial charge in [-0.05, 0) is 60.7 Å². The van der Waals surface area contributed by atoms with Crippen LogP contribution in [-0.2, 0) is 0 Å². The maximum Gasteiger partial charge on any atom is 0.0572 e. The van der Waals surface area contributed by atoms with Gasteiger partial charge in [-0.2, -0.15) is 0 Å². The van der Waals surface area contributed by atoms with E-state index in [-0.39, 0.29) is 0 Å². The van der Waals surface area contributed by atoms with E-state index in [9.17, 15) is 0 Å². The monoisotopic (exact) mass is 490 g/mol. The lowest BCUT2D eigenvalue weighted by Gasteiger charge is -2.30. The van der Waals surface area contributed by atoms with Crippen molar-refractivity contribution in [3.8, 4) is 11.1 Å². The second-order valence-corrected chi connectivity index (χ2v) is 8.80. The second kappa shape index (κ2) is 10.8. The average molecular weight is 491 g/mol. The van der Waals surface area contributed by atoms with Gasteiger partial charge < -0.3 is 9.80 Å². The van der Waals surface area contributed by atoms with Gasteiger partial charge >= 0.3 is 0 Å². The van der Waals surface area contributed by atoms with Crippen molar-refractivity contribution in [3.63, 3.8) is 0 Å². The lowest BCUT2D eigenvalue weighted by atomic mass is 10.0. The Morgan fingerprint density at radius 1 is 0.342 bits per heavy atom. The Balaban J connectivity index is 1.58. The van der Waals surface area contributed by atoms with Crippen LogP contribution in [0.3, 0.4) is 0 Å². The average Bonchev–Trinajstić information content (AvgIpc) is 3.00. The van der Waals surface area contributed by atoms with Gasteiger partial charge in [0.05, 0.1) is 11.4 Å². The Kier molecular flexibility index (Phi) is 6.60. The SMILES string of the molecule is c1ccc(N(c2ccccc2)c2ccncc2-c2cnccc2N(c2ccccc2)c2ccccc2)cc1. The van der Waals surface area contributed by atoms with Crippen LogP contribution >= 0.6 is 0 Å². The van der Waals surface area contributed by atoms with E-state index >= 15 is 0 Å². The third-order valence-corrected chi connectivity index (χ3v) is 6.43. The molecule has 6 rings (SSSR count). The van der Waals surface area contributed by atoms with Crippen LogP contribution in [0.5, 0.6) is 0 Å². The van der Waals surface area contributed by atoms with Crippen LogP contribution in [0.1, 0.15) is 0 Å². The van der Waals surface area contributed by atoms with Crippen LogP contribution in [0.25, 0.3) is 11.1 Å². The van der Waals surface area contributed by atoms with Crippen LogP contribution in [0.4, 0.5) is 34.1 Å². The van der Waals surface area contributed by atoms with Crippen molar-refractivity contribution in [1.82, 2.24) is 9.97 Å². The predicted octanol–water partition coefficient (Wildman–Crippen LogP) is 9.08. The molecular weight excluding hydrogens is 464 g/mol. The van der Waals surface area contributed by atoms with Gasteiger partial charge in [0.2, 0.25) is 0 Å². The Bertz CT molecular complexity index is 1400. The summed E-state index contributed by atoms with van der Waals surface area (Å²) in [4.78, 5) is 13.7. The lowest BCUT2D eigenvalue weighted by molar-refractivity contribution is 1.21. The molecule has 0 fully saturated rings. The van der Waals surface area contributed by atoms with Crippen molar-refractivity contribution < 1.29 is 0 Å².